The van der Waals surface area contributed by atoms with Crippen LogP contribution < -0.4 is 10.2 Å². The van der Waals surface area contributed by atoms with Crippen LogP contribution in [0.5, 0.6) is 0 Å². The molecule has 4 amide bonds. The number of likely N-dealkylation sites (N-methyl/N-ethyl adjacent to an activating group) is 1. The molecule has 1 fully saturated rings. The summed E-state index contributed by atoms with van der Waals surface area (Å²) in [5.74, 6) is -0.801. The summed E-state index contributed by atoms with van der Waals surface area (Å²) in [6.07, 6.45) is 3.35. The smallest absolute Gasteiger partial charge is 0.319 e. The number of ketones is 1. The quantitative estimate of drug-likeness (QED) is 0.611. The lowest BCUT2D eigenvalue weighted by atomic mass is 9.89. The minimum absolute atomic E-state index is 0.0289. The van der Waals surface area contributed by atoms with E-state index >= 15 is 0 Å². The van der Waals surface area contributed by atoms with Crippen LogP contribution in [0.15, 0.2) is 36.4 Å². The van der Waals surface area contributed by atoms with Gasteiger partial charge >= 0.3 is 6.03 Å². The van der Waals surface area contributed by atoms with Gasteiger partial charge in [-0.1, -0.05) is 18.2 Å². The first kappa shape index (κ1) is 19.5. The van der Waals surface area contributed by atoms with E-state index in [1.807, 2.05) is 18.2 Å². The first-order valence-corrected chi connectivity index (χ1v) is 10.5. The van der Waals surface area contributed by atoms with Crippen LogP contribution in [0.1, 0.15) is 46.0 Å². The number of aryl methyl sites for hydroxylation is 2. The molecule has 5 rings (SSSR count). The molecular weight excluding hydrogens is 394 g/mol. The van der Waals surface area contributed by atoms with E-state index in [0.29, 0.717) is 5.56 Å². The van der Waals surface area contributed by atoms with Crippen LogP contribution in [0.3, 0.4) is 0 Å². The maximum atomic E-state index is 13.2. The van der Waals surface area contributed by atoms with Gasteiger partial charge < -0.3 is 10.2 Å². The minimum Gasteiger partial charge on any atom is -0.319 e. The molecule has 2 aliphatic heterocycles. The van der Waals surface area contributed by atoms with Crippen molar-refractivity contribution in [1.29, 1.82) is 0 Å². The van der Waals surface area contributed by atoms with Crippen LogP contribution in [-0.2, 0) is 34.4 Å². The number of fused-ring (bicyclic) bond motifs is 2. The molecule has 7 heteroatoms. The Hall–Kier alpha value is -3.48. The molecule has 3 aliphatic rings. The summed E-state index contributed by atoms with van der Waals surface area (Å²) in [6, 6.07) is 10.4. The molecule has 1 atom stereocenters. The summed E-state index contributed by atoms with van der Waals surface area (Å²) in [6.45, 7) is 1.35. The van der Waals surface area contributed by atoms with Gasteiger partial charge in [-0.3, -0.25) is 19.3 Å². The summed E-state index contributed by atoms with van der Waals surface area (Å²) in [5, 5.41) is 2.78. The summed E-state index contributed by atoms with van der Waals surface area (Å²) >= 11 is 0. The van der Waals surface area contributed by atoms with E-state index in [9.17, 15) is 19.2 Å². The van der Waals surface area contributed by atoms with Crippen LogP contribution in [0, 0.1) is 0 Å². The van der Waals surface area contributed by atoms with Gasteiger partial charge in [0.1, 0.15) is 5.54 Å². The predicted molar refractivity (Wildman–Crippen MR) is 114 cm³/mol. The molecule has 158 valence electrons. The number of carbonyl (C=O) groups excluding carboxylic acids is 4. The number of imide groups is 1. The number of nitrogens with zero attached hydrogens (tertiary/aromatic N) is 2. The number of rotatable bonds is 4. The first-order chi connectivity index (χ1) is 14.8. The maximum Gasteiger partial charge on any atom is 0.325 e. The Morgan fingerprint density at radius 3 is 2.61 bits per heavy atom. The second-order valence-corrected chi connectivity index (χ2v) is 8.68. The zero-order valence-electron chi connectivity index (χ0n) is 17.5. The Labute approximate surface area is 180 Å². The predicted octanol–water partition coefficient (Wildman–Crippen LogP) is 2.34. The number of carbonyl (C=O) groups is 4. The van der Waals surface area contributed by atoms with Crippen LogP contribution in [0.25, 0.3) is 0 Å². The van der Waals surface area contributed by atoms with Crippen LogP contribution in [0.4, 0.5) is 10.5 Å². The molecule has 31 heavy (non-hydrogen) atoms. The largest absolute Gasteiger partial charge is 0.325 e. The van der Waals surface area contributed by atoms with Gasteiger partial charge in [0.25, 0.3) is 5.91 Å². The lowest BCUT2D eigenvalue weighted by Crippen LogP contribution is -2.41. The molecule has 0 spiro atoms. The van der Waals surface area contributed by atoms with Gasteiger partial charge in [-0.2, -0.15) is 0 Å². The highest BCUT2D eigenvalue weighted by atomic mass is 16.2. The average molecular weight is 417 g/mol. The first-order valence-electron chi connectivity index (χ1n) is 10.5. The molecule has 1 saturated heterocycles. The van der Waals surface area contributed by atoms with Crippen molar-refractivity contribution in [3.8, 4) is 0 Å². The normalized spacial score (nSPS) is 22.1. The number of benzene rings is 2. The monoisotopic (exact) mass is 417 g/mol. The van der Waals surface area contributed by atoms with E-state index in [2.05, 4.69) is 5.32 Å². The van der Waals surface area contributed by atoms with Crippen molar-refractivity contribution in [2.45, 2.75) is 38.1 Å². The van der Waals surface area contributed by atoms with Gasteiger partial charge in [0.05, 0.1) is 13.0 Å². The van der Waals surface area contributed by atoms with Gasteiger partial charge in [-0.05, 0) is 66.6 Å². The fourth-order valence-corrected chi connectivity index (χ4v) is 4.80. The average Bonchev–Trinajstić information content (AvgIpc) is 3.39. The summed E-state index contributed by atoms with van der Waals surface area (Å²) in [7, 11) is 1.70. The van der Waals surface area contributed by atoms with E-state index in [1.54, 1.807) is 37.1 Å². The van der Waals surface area contributed by atoms with E-state index in [0.717, 1.165) is 41.0 Å². The molecule has 2 aromatic carbocycles. The number of amides is 4. The third kappa shape index (κ3) is 2.95. The standard InChI is InChI=1S/C24H23N3O4/c1-24(18-8-6-14-4-3-5-15(14)11-18)22(30)27(23(31)25-24)13-20(28)16-7-9-19-17(10-16)12-21(29)26(19)2/h6-11H,3-5,12-13H2,1-2H3,(H,25,31)/t24-/m1/s1. The van der Waals surface area contributed by atoms with Gasteiger partial charge in [0, 0.05) is 18.3 Å². The molecule has 7 nitrogen and oxygen atoms in total. The zero-order valence-corrected chi connectivity index (χ0v) is 17.5. The number of nitrogens with one attached hydrogen (secondary N) is 1. The number of anilines is 1. The molecule has 0 bridgehead atoms. The Balaban J connectivity index is 1.37. The van der Waals surface area contributed by atoms with Gasteiger partial charge in [-0.15, -0.1) is 0 Å². The van der Waals surface area contributed by atoms with E-state index < -0.39 is 17.5 Å². The van der Waals surface area contributed by atoms with Gasteiger partial charge in [-0.25, -0.2) is 4.79 Å². The third-order valence-corrected chi connectivity index (χ3v) is 6.73. The highest BCUT2D eigenvalue weighted by molar-refractivity contribution is 6.11. The second-order valence-electron chi connectivity index (χ2n) is 8.68. The van der Waals surface area contributed by atoms with E-state index in [4.69, 9.17) is 0 Å². The highest BCUT2D eigenvalue weighted by Gasteiger charge is 2.49. The molecular formula is C24H23N3O4. The number of Topliss-reactive ketones (excluding diaryl/α,β-unsaturated/α-hetero) is 1. The van der Waals surface area contributed by atoms with Crippen molar-refractivity contribution in [3.05, 3.63) is 64.2 Å². The third-order valence-electron chi connectivity index (χ3n) is 6.73. The molecule has 0 unspecified atom stereocenters. The fourth-order valence-electron chi connectivity index (χ4n) is 4.80. The highest BCUT2D eigenvalue weighted by Crippen LogP contribution is 2.33. The van der Waals surface area contributed by atoms with Crippen molar-refractivity contribution in [2.75, 3.05) is 18.5 Å². The lowest BCUT2D eigenvalue weighted by Gasteiger charge is -2.23. The lowest BCUT2D eigenvalue weighted by molar-refractivity contribution is -0.130. The SMILES string of the molecule is CN1C(=O)Cc2cc(C(=O)CN3C(=O)N[C@](C)(c4ccc5c(c4)CCC5)C3=O)ccc21. The summed E-state index contributed by atoms with van der Waals surface area (Å²) in [4.78, 5) is 53.2. The Morgan fingerprint density at radius 2 is 1.81 bits per heavy atom. The van der Waals surface area contributed by atoms with Gasteiger partial charge in [0.2, 0.25) is 5.91 Å². The fraction of sp³-hybridized carbons (Fsp3) is 0.333. The summed E-state index contributed by atoms with van der Waals surface area (Å²) in [5.41, 5.74) is 3.99. The minimum atomic E-state index is -1.19. The molecule has 0 aromatic heterocycles. The molecule has 1 N–H and O–H groups in total. The van der Waals surface area contributed by atoms with E-state index in [-0.39, 0.29) is 24.7 Å². The molecule has 0 radical (unpaired) electrons. The summed E-state index contributed by atoms with van der Waals surface area (Å²) < 4.78 is 0. The van der Waals surface area contributed by atoms with Crippen molar-refractivity contribution in [1.82, 2.24) is 10.2 Å². The number of urea groups is 1. The van der Waals surface area contributed by atoms with Crippen LogP contribution in [0.2, 0.25) is 0 Å². The topological polar surface area (TPSA) is 86.8 Å². The van der Waals surface area contributed by atoms with Crippen molar-refractivity contribution < 1.29 is 19.2 Å². The second kappa shape index (κ2) is 6.77. The van der Waals surface area contributed by atoms with E-state index in [1.165, 1.54) is 11.1 Å². The zero-order chi connectivity index (χ0) is 21.9. The molecule has 1 aliphatic carbocycles. The molecule has 2 heterocycles. The van der Waals surface area contributed by atoms with Crippen LogP contribution in [-0.4, -0.2) is 42.1 Å². The number of hydrogen-bond acceptors (Lipinski definition) is 4. The van der Waals surface area contributed by atoms with Crippen molar-refractivity contribution >= 4 is 29.3 Å². The number of hydrogen-bond donors (Lipinski definition) is 1. The van der Waals surface area contributed by atoms with Gasteiger partial charge in [0.15, 0.2) is 5.78 Å². The Kier molecular flexibility index (Phi) is 4.25. The van der Waals surface area contributed by atoms with Crippen LogP contribution >= 0.6 is 0 Å². The Morgan fingerprint density at radius 1 is 1.03 bits per heavy atom. The Bertz CT molecular complexity index is 1170. The molecule has 0 saturated carbocycles. The maximum absolute atomic E-state index is 13.2. The molecule has 2 aromatic rings. The van der Waals surface area contributed by atoms with Crippen molar-refractivity contribution in [3.63, 3.8) is 0 Å². The van der Waals surface area contributed by atoms with Crippen molar-refractivity contribution in [2.24, 2.45) is 0 Å².